The molecule has 0 saturated carbocycles. The van der Waals surface area contributed by atoms with Gasteiger partial charge in [-0.15, -0.1) is 0 Å². The lowest BCUT2D eigenvalue weighted by molar-refractivity contribution is -0.179. The number of hydrogen-bond acceptors (Lipinski definition) is 10. The van der Waals surface area contributed by atoms with E-state index in [0.29, 0.717) is 22.0 Å². The Balaban J connectivity index is 1.59. The molecule has 0 aliphatic carbocycles. The van der Waals surface area contributed by atoms with E-state index < -0.39 is 47.4 Å². The standard InChI is InChI=1S/C38H49ClN4O9/c1-21(2)16-30-36(47)50-28(22(3)33-34(52-33)24-11-13-25(14-12-24)42-32(45)19-40)8-7-9-31(44)43-27(18-23-10-15-29(49-6)26(39)17-23)35(46)41-20-38(4,5)37(48)51-30/h7,9-15,17,21-22,27-28,30,33-34H,8,16,18-20,40H2,1-6H3,(H,41,46)(H,42,45)(H,43,44)/b9-7+/t22-,27+,28-,30-,33+,34+/m0/s1. The summed E-state index contributed by atoms with van der Waals surface area (Å²) in [5.74, 6) is -2.65. The van der Waals surface area contributed by atoms with E-state index in [4.69, 9.17) is 36.3 Å². The maximum Gasteiger partial charge on any atom is 0.347 e. The Morgan fingerprint density at radius 2 is 1.79 bits per heavy atom. The lowest BCUT2D eigenvalue weighted by atomic mass is 9.92. The second kappa shape index (κ2) is 17.8. The van der Waals surface area contributed by atoms with Crippen LogP contribution < -0.4 is 26.4 Å². The first-order valence-corrected chi connectivity index (χ1v) is 17.7. The van der Waals surface area contributed by atoms with Gasteiger partial charge in [0.15, 0.2) is 6.10 Å². The summed E-state index contributed by atoms with van der Waals surface area (Å²) in [5.41, 5.74) is 6.30. The van der Waals surface area contributed by atoms with Crippen LogP contribution in [0.5, 0.6) is 5.75 Å². The summed E-state index contributed by atoms with van der Waals surface area (Å²) in [6, 6.07) is 11.2. The Kier molecular flexibility index (Phi) is 13.8. The van der Waals surface area contributed by atoms with Crippen LogP contribution in [0.4, 0.5) is 5.69 Å². The number of nitrogens with one attached hydrogen (secondary N) is 3. The number of benzene rings is 2. The minimum Gasteiger partial charge on any atom is -0.495 e. The predicted molar refractivity (Wildman–Crippen MR) is 194 cm³/mol. The average molecular weight is 741 g/mol. The molecule has 0 aromatic heterocycles. The fourth-order valence-corrected chi connectivity index (χ4v) is 6.07. The maximum atomic E-state index is 13.7. The van der Waals surface area contributed by atoms with Crippen LogP contribution in [0.25, 0.3) is 0 Å². The highest BCUT2D eigenvalue weighted by molar-refractivity contribution is 6.32. The van der Waals surface area contributed by atoms with Gasteiger partial charge in [0, 0.05) is 31.0 Å². The highest BCUT2D eigenvalue weighted by Crippen LogP contribution is 2.45. The molecule has 1 saturated heterocycles. The van der Waals surface area contributed by atoms with E-state index in [1.165, 1.54) is 13.2 Å². The number of carbonyl (C=O) groups is 5. The zero-order valence-electron chi connectivity index (χ0n) is 30.4. The van der Waals surface area contributed by atoms with Gasteiger partial charge in [-0.05, 0) is 67.7 Å². The third-order valence-electron chi connectivity index (χ3n) is 8.99. The second-order valence-corrected chi connectivity index (χ2v) is 14.6. The first-order chi connectivity index (χ1) is 24.6. The van der Waals surface area contributed by atoms with Crippen molar-refractivity contribution in [2.75, 3.05) is 25.5 Å². The highest BCUT2D eigenvalue weighted by atomic mass is 35.5. The van der Waals surface area contributed by atoms with E-state index >= 15 is 0 Å². The van der Waals surface area contributed by atoms with Crippen LogP contribution >= 0.6 is 11.6 Å². The molecule has 0 unspecified atom stereocenters. The maximum absolute atomic E-state index is 13.7. The smallest absolute Gasteiger partial charge is 0.347 e. The first kappa shape index (κ1) is 40.3. The van der Waals surface area contributed by atoms with Crippen molar-refractivity contribution >= 4 is 46.9 Å². The quantitative estimate of drug-likeness (QED) is 0.205. The lowest BCUT2D eigenvalue weighted by Gasteiger charge is -2.29. The Morgan fingerprint density at radius 3 is 2.42 bits per heavy atom. The summed E-state index contributed by atoms with van der Waals surface area (Å²) in [5, 5.41) is 8.57. The number of rotatable bonds is 10. The SMILES string of the molecule is COc1ccc(C[C@H]2NC(=O)/C=C/C[C@@H]([C@H](C)[C@H]3O[C@@H]3c3ccc(NC(=O)CN)cc3)OC(=O)[C@H](CC(C)C)OC(=O)C(C)(C)CNC2=O)cc1Cl. The zero-order chi connectivity index (χ0) is 38.2. The second-order valence-electron chi connectivity index (χ2n) is 14.2. The van der Waals surface area contributed by atoms with Crippen LogP contribution in [0.1, 0.15) is 64.7 Å². The normalized spacial score (nSPS) is 25.2. The van der Waals surface area contributed by atoms with Crippen molar-refractivity contribution in [1.82, 2.24) is 10.6 Å². The van der Waals surface area contributed by atoms with Gasteiger partial charge in [0.1, 0.15) is 24.0 Å². The lowest BCUT2D eigenvalue weighted by Crippen LogP contribution is -2.51. The Bertz CT molecular complexity index is 1650. The number of carbonyl (C=O) groups excluding carboxylic acids is 5. The summed E-state index contributed by atoms with van der Waals surface area (Å²) in [6.45, 7) is 8.64. The van der Waals surface area contributed by atoms with Crippen LogP contribution in [-0.4, -0.2) is 74.2 Å². The van der Waals surface area contributed by atoms with Crippen LogP contribution in [0.15, 0.2) is 54.6 Å². The third kappa shape index (κ3) is 11.0. The van der Waals surface area contributed by atoms with Crippen LogP contribution in [-0.2, 0) is 44.6 Å². The average Bonchev–Trinajstić information content (AvgIpc) is 3.90. The Hall–Kier alpha value is -4.46. The summed E-state index contributed by atoms with van der Waals surface area (Å²) in [4.78, 5) is 65.6. The number of amides is 3. The molecule has 2 heterocycles. The molecule has 2 aliphatic rings. The number of hydrogen-bond donors (Lipinski definition) is 4. The van der Waals surface area contributed by atoms with Crippen molar-refractivity contribution in [3.63, 3.8) is 0 Å². The van der Waals surface area contributed by atoms with E-state index in [-0.39, 0.29) is 62.3 Å². The fourth-order valence-electron chi connectivity index (χ4n) is 5.79. The number of epoxide rings is 1. The highest BCUT2D eigenvalue weighted by Gasteiger charge is 2.48. The summed E-state index contributed by atoms with van der Waals surface area (Å²) >= 11 is 6.33. The molecule has 52 heavy (non-hydrogen) atoms. The molecular weight excluding hydrogens is 692 g/mol. The molecule has 14 heteroatoms. The van der Waals surface area contributed by atoms with Gasteiger partial charge < -0.3 is 40.6 Å². The molecule has 2 aromatic carbocycles. The minimum atomic E-state index is -1.23. The molecule has 4 rings (SSSR count). The predicted octanol–water partition coefficient (Wildman–Crippen LogP) is 4.02. The van der Waals surface area contributed by atoms with Crippen molar-refractivity contribution in [3.05, 3.63) is 70.8 Å². The minimum absolute atomic E-state index is 0.0146. The van der Waals surface area contributed by atoms with Gasteiger partial charge in [0.2, 0.25) is 17.7 Å². The van der Waals surface area contributed by atoms with E-state index in [1.54, 1.807) is 50.3 Å². The van der Waals surface area contributed by atoms with Gasteiger partial charge in [-0.1, -0.05) is 56.6 Å². The van der Waals surface area contributed by atoms with E-state index in [0.717, 1.165) is 5.56 Å². The van der Waals surface area contributed by atoms with Crippen LogP contribution in [0.3, 0.4) is 0 Å². The molecule has 13 nitrogen and oxygen atoms in total. The van der Waals surface area contributed by atoms with Gasteiger partial charge >= 0.3 is 11.9 Å². The topological polar surface area (TPSA) is 188 Å². The monoisotopic (exact) mass is 740 g/mol. The molecule has 282 valence electrons. The molecule has 2 aromatic rings. The van der Waals surface area contributed by atoms with E-state index in [2.05, 4.69) is 16.0 Å². The van der Waals surface area contributed by atoms with Crippen molar-refractivity contribution in [2.24, 2.45) is 23.0 Å². The Labute approximate surface area is 309 Å². The molecule has 3 amide bonds. The van der Waals surface area contributed by atoms with Gasteiger partial charge in [-0.3, -0.25) is 19.2 Å². The summed E-state index contributed by atoms with van der Waals surface area (Å²) in [6.07, 6.45) is 0.755. The van der Waals surface area contributed by atoms with Crippen molar-refractivity contribution < 1.29 is 42.9 Å². The van der Waals surface area contributed by atoms with Crippen molar-refractivity contribution in [1.29, 1.82) is 0 Å². The van der Waals surface area contributed by atoms with Crippen molar-refractivity contribution in [3.8, 4) is 5.75 Å². The third-order valence-corrected chi connectivity index (χ3v) is 9.28. The number of halogens is 1. The van der Waals surface area contributed by atoms with Crippen LogP contribution in [0.2, 0.25) is 5.02 Å². The Morgan fingerprint density at radius 1 is 1.08 bits per heavy atom. The number of cyclic esters (lactones) is 2. The van der Waals surface area contributed by atoms with Gasteiger partial charge in [-0.2, -0.15) is 0 Å². The van der Waals surface area contributed by atoms with Crippen LogP contribution in [0, 0.1) is 17.3 Å². The molecule has 0 spiro atoms. The zero-order valence-corrected chi connectivity index (χ0v) is 31.2. The van der Waals surface area contributed by atoms with Gasteiger partial charge in [0.25, 0.3) is 0 Å². The first-order valence-electron chi connectivity index (χ1n) is 17.4. The molecule has 2 aliphatic heterocycles. The van der Waals surface area contributed by atoms with Gasteiger partial charge in [0.05, 0.1) is 30.2 Å². The number of nitrogens with two attached hydrogens (primary N) is 1. The van der Waals surface area contributed by atoms with Gasteiger partial charge in [-0.25, -0.2) is 4.79 Å². The number of esters is 2. The number of ether oxygens (including phenoxy) is 4. The number of anilines is 1. The molecule has 1 fully saturated rings. The molecule has 0 bridgehead atoms. The molecule has 6 atom stereocenters. The largest absolute Gasteiger partial charge is 0.495 e. The van der Waals surface area contributed by atoms with E-state index in [1.807, 2.05) is 32.9 Å². The summed E-state index contributed by atoms with van der Waals surface area (Å²) in [7, 11) is 1.50. The molecule has 5 N–H and O–H groups in total. The fraction of sp³-hybridized carbons (Fsp3) is 0.500. The number of methoxy groups -OCH3 is 1. The van der Waals surface area contributed by atoms with Crippen molar-refractivity contribution in [2.45, 2.75) is 84.3 Å². The van der Waals surface area contributed by atoms with E-state index in [9.17, 15) is 24.0 Å². The molecular formula is C38H49ClN4O9. The molecule has 0 radical (unpaired) electrons. The summed E-state index contributed by atoms with van der Waals surface area (Å²) < 4.78 is 23.1.